The van der Waals surface area contributed by atoms with Crippen molar-refractivity contribution < 1.29 is 9.13 Å². The van der Waals surface area contributed by atoms with E-state index in [0.717, 1.165) is 34.4 Å². The first-order valence-corrected chi connectivity index (χ1v) is 13.3. The van der Waals surface area contributed by atoms with Crippen LogP contribution in [0.4, 0.5) is 4.39 Å². The zero-order valence-corrected chi connectivity index (χ0v) is 20.4. The lowest BCUT2D eigenvalue weighted by Gasteiger charge is -2.42. The second-order valence-corrected chi connectivity index (χ2v) is 10.5. The van der Waals surface area contributed by atoms with Crippen molar-refractivity contribution in [1.82, 2.24) is 0 Å². The third kappa shape index (κ3) is 5.37. The maximum Gasteiger partial charge on any atom is 0.165 e. The van der Waals surface area contributed by atoms with Gasteiger partial charge in [0.15, 0.2) is 11.6 Å². The van der Waals surface area contributed by atoms with Gasteiger partial charge in [0, 0.05) is 0 Å². The van der Waals surface area contributed by atoms with Crippen LogP contribution in [0.1, 0.15) is 75.3 Å². The van der Waals surface area contributed by atoms with Crippen LogP contribution in [0.3, 0.4) is 0 Å². The van der Waals surface area contributed by atoms with Gasteiger partial charge in [-0.2, -0.15) is 0 Å². The van der Waals surface area contributed by atoms with E-state index < -0.39 is 0 Å². The molecular weight excluding hydrogens is 419 g/mol. The molecule has 0 N–H and O–H groups in total. The second kappa shape index (κ2) is 10.8. The predicted molar refractivity (Wildman–Crippen MR) is 138 cm³/mol. The Morgan fingerprint density at radius 1 is 0.794 bits per heavy atom. The van der Waals surface area contributed by atoms with E-state index in [4.69, 9.17) is 4.74 Å². The largest absolute Gasteiger partial charge is 0.486 e. The highest BCUT2D eigenvalue weighted by Crippen LogP contribution is 2.48. The average molecular weight is 457 g/mol. The van der Waals surface area contributed by atoms with E-state index in [0.29, 0.717) is 18.3 Å². The van der Waals surface area contributed by atoms with Crippen LogP contribution in [-0.4, -0.2) is 0 Å². The molecule has 2 fully saturated rings. The molecule has 4 atom stereocenters. The Morgan fingerprint density at radius 2 is 1.53 bits per heavy atom. The molecule has 2 aliphatic carbocycles. The van der Waals surface area contributed by atoms with Crippen LogP contribution in [-0.2, 0) is 6.61 Å². The average Bonchev–Trinajstić information content (AvgIpc) is 2.88. The number of halogens is 1. The van der Waals surface area contributed by atoms with Crippen molar-refractivity contribution in [1.29, 1.82) is 0 Å². The summed E-state index contributed by atoms with van der Waals surface area (Å²) in [7, 11) is 0. The summed E-state index contributed by atoms with van der Waals surface area (Å²) in [5.41, 5.74) is 4.45. The summed E-state index contributed by atoms with van der Waals surface area (Å²) >= 11 is 0. The maximum atomic E-state index is 14.7. The minimum Gasteiger partial charge on any atom is -0.486 e. The van der Waals surface area contributed by atoms with Gasteiger partial charge in [-0.25, -0.2) is 4.39 Å². The van der Waals surface area contributed by atoms with E-state index in [-0.39, 0.29) is 5.82 Å². The third-order valence-electron chi connectivity index (χ3n) is 8.30. The van der Waals surface area contributed by atoms with Gasteiger partial charge in [-0.3, -0.25) is 0 Å². The Morgan fingerprint density at radius 3 is 2.29 bits per heavy atom. The Labute approximate surface area is 204 Å². The highest BCUT2D eigenvalue weighted by atomic mass is 19.1. The summed E-state index contributed by atoms with van der Waals surface area (Å²) < 4.78 is 20.4. The molecule has 178 valence electrons. The van der Waals surface area contributed by atoms with Gasteiger partial charge in [-0.05, 0) is 90.2 Å². The van der Waals surface area contributed by atoms with Crippen molar-refractivity contribution in [3.63, 3.8) is 0 Å². The molecule has 0 heterocycles. The van der Waals surface area contributed by atoms with Crippen molar-refractivity contribution in [2.75, 3.05) is 0 Å². The first kappa shape index (κ1) is 23.1. The number of benzene rings is 3. The van der Waals surface area contributed by atoms with E-state index in [9.17, 15) is 4.39 Å². The number of hydrogen-bond donors (Lipinski definition) is 0. The second-order valence-electron chi connectivity index (χ2n) is 10.5. The lowest BCUT2D eigenvalue weighted by Crippen LogP contribution is -2.30. The molecule has 0 spiro atoms. The molecule has 0 aromatic heterocycles. The van der Waals surface area contributed by atoms with Crippen molar-refractivity contribution in [3.8, 4) is 16.9 Å². The molecule has 5 rings (SSSR count). The standard InChI is InChI=1S/C32H37FO/c1-2-6-23-9-10-29-20-28(16-15-27(29)19-23)25-11-13-26(14-12-25)30-17-18-32(31(33)21-30)34-22-24-7-4-3-5-8-24/h3-5,7-8,11-14,17-18,21,23,27-29H,2,6,9-10,15-16,19-20,22H2,1H3/t23?,27-,28-,29-/m1/s1. The lowest BCUT2D eigenvalue weighted by molar-refractivity contribution is 0.114. The van der Waals surface area contributed by atoms with Crippen molar-refractivity contribution >= 4 is 0 Å². The summed E-state index contributed by atoms with van der Waals surface area (Å²) in [4.78, 5) is 0. The van der Waals surface area contributed by atoms with Crippen LogP contribution in [0.25, 0.3) is 11.1 Å². The summed E-state index contributed by atoms with van der Waals surface area (Å²) in [6.45, 7) is 2.70. The number of hydrogen-bond acceptors (Lipinski definition) is 1. The van der Waals surface area contributed by atoms with E-state index in [1.165, 1.54) is 56.9 Å². The Kier molecular flexibility index (Phi) is 7.33. The SMILES string of the molecule is CCCC1CC[C@@H]2C[C@H](c3ccc(-c4ccc(OCc5ccccc5)c(F)c4)cc3)CC[C@@H]2C1. The Bertz CT molecular complexity index is 1060. The highest BCUT2D eigenvalue weighted by molar-refractivity contribution is 5.64. The van der Waals surface area contributed by atoms with Gasteiger partial charge in [-0.15, -0.1) is 0 Å². The van der Waals surface area contributed by atoms with E-state index in [2.05, 4.69) is 31.2 Å². The van der Waals surface area contributed by atoms with Gasteiger partial charge in [0.2, 0.25) is 0 Å². The fourth-order valence-electron chi connectivity index (χ4n) is 6.44. The topological polar surface area (TPSA) is 9.23 Å². The van der Waals surface area contributed by atoms with Crippen molar-refractivity contribution in [2.24, 2.45) is 17.8 Å². The smallest absolute Gasteiger partial charge is 0.165 e. The predicted octanol–water partition coefficient (Wildman–Crippen LogP) is 9.17. The zero-order valence-electron chi connectivity index (χ0n) is 20.4. The van der Waals surface area contributed by atoms with E-state index >= 15 is 0 Å². The molecule has 0 amide bonds. The van der Waals surface area contributed by atoms with Crippen LogP contribution in [0.15, 0.2) is 72.8 Å². The summed E-state index contributed by atoms with van der Waals surface area (Å²) in [5, 5.41) is 0. The minimum absolute atomic E-state index is 0.301. The Hall–Kier alpha value is -2.61. The monoisotopic (exact) mass is 456 g/mol. The fraction of sp³-hybridized carbons (Fsp3) is 0.438. The van der Waals surface area contributed by atoms with Crippen molar-refractivity contribution in [3.05, 3.63) is 89.7 Å². The van der Waals surface area contributed by atoms with Crippen LogP contribution in [0, 0.1) is 23.6 Å². The summed E-state index contributed by atoms with van der Waals surface area (Å²) in [5.74, 6) is 3.54. The summed E-state index contributed by atoms with van der Waals surface area (Å²) in [6.07, 6.45) is 11.2. The molecular formula is C32H37FO. The molecule has 0 radical (unpaired) electrons. The fourth-order valence-corrected chi connectivity index (χ4v) is 6.44. The first-order valence-electron chi connectivity index (χ1n) is 13.3. The van der Waals surface area contributed by atoms with Gasteiger partial charge in [0.1, 0.15) is 6.61 Å². The number of rotatable bonds is 7. The molecule has 0 bridgehead atoms. The van der Waals surface area contributed by atoms with Gasteiger partial charge in [-0.1, -0.05) is 86.8 Å². The molecule has 34 heavy (non-hydrogen) atoms. The van der Waals surface area contributed by atoms with Crippen LogP contribution in [0.5, 0.6) is 5.75 Å². The molecule has 1 unspecified atom stereocenters. The summed E-state index contributed by atoms with van der Waals surface area (Å²) in [6, 6.07) is 24.0. The van der Waals surface area contributed by atoms with Crippen molar-refractivity contribution in [2.45, 2.75) is 70.8 Å². The lowest BCUT2D eigenvalue weighted by atomic mass is 9.63. The van der Waals surface area contributed by atoms with E-state index in [1.54, 1.807) is 12.1 Å². The molecule has 0 aliphatic heterocycles. The molecule has 3 aromatic carbocycles. The van der Waals surface area contributed by atoms with Gasteiger partial charge < -0.3 is 4.74 Å². The molecule has 3 aromatic rings. The normalized spacial score (nSPS) is 24.4. The molecule has 2 heteroatoms. The number of ether oxygens (including phenoxy) is 1. The van der Waals surface area contributed by atoms with Gasteiger partial charge in [0.05, 0.1) is 0 Å². The number of fused-ring (bicyclic) bond motifs is 1. The maximum absolute atomic E-state index is 14.7. The molecule has 1 nitrogen and oxygen atoms in total. The van der Waals surface area contributed by atoms with Crippen LogP contribution < -0.4 is 4.74 Å². The molecule has 0 saturated heterocycles. The van der Waals surface area contributed by atoms with Gasteiger partial charge in [0.25, 0.3) is 0 Å². The quantitative estimate of drug-likeness (QED) is 0.344. The highest BCUT2D eigenvalue weighted by Gasteiger charge is 2.35. The minimum atomic E-state index is -0.311. The first-order chi connectivity index (χ1) is 16.7. The Balaban J connectivity index is 1.20. The van der Waals surface area contributed by atoms with Crippen LogP contribution >= 0.6 is 0 Å². The molecule has 2 saturated carbocycles. The van der Waals surface area contributed by atoms with Crippen LogP contribution in [0.2, 0.25) is 0 Å². The third-order valence-corrected chi connectivity index (χ3v) is 8.30. The van der Waals surface area contributed by atoms with Gasteiger partial charge >= 0.3 is 0 Å². The molecule has 2 aliphatic rings. The zero-order chi connectivity index (χ0) is 23.3. The van der Waals surface area contributed by atoms with E-state index in [1.807, 2.05) is 36.4 Å².